The fourth-order valence-electron chi connectivity index (χ4n) is 2.77. The van der Waals surface area contributed by atoms with Crippen LogP contribution in [0.5, 0.6) is 5.75 Å². The Kier molecular flexibility index (Phi) is 9.69. The van der Waals surface area contributed by atoms with E-state index in [9.17, 15) is 19.5 Å². The quantitative estimate of drug-likeness (QED) is 0.510. The maximum Gasteiger partial charge on any atom is 0.331 e. The highest BCUT2D eigenvalue weighted by Gasteiger charge is 2.24. The average Bonchev–Trinajstić information content (AvgIpc) is 2.82. The minimum atomic E-state index is -1.33. The molecule has 1 unspecified atom stereocenters. The predicted octanol–water partition coefficient (Wildman–Crippen LogP) is 1.67. The van der Waals surface area contributed by atoms with Gasteiger partial charge >= 0.3 is 5.97 Å². The molecule has 0 fully saturated rings. The Morgan fingerprint density at radius 2 is 1.81 bits per heavy atom. The molecule has 0 saturated carbocycles. The Bertz CT molecular complexity index is 940. The molecule has 0 spiro atoms. The van der Waals surface area contributed by atoms with Crippen molar-refractivity contribution < 1.29 is 29.0 Å². The number of hydrogen-bond donors (Lipinski definition) is 2. The van der Waals surface area contributed by atoms with E-state index < -0.39 is 37.0 Å². The second-order valence-corrected chi connectivity index (χ2v) is 6.56. The van der Waals surface area contributed by atoms with Crippen LogP contribution in [0, 0.1) is 11.3 Å². The number of nitrogens with one attached hydrogen (secondary N) is 1. The molecule has 32 heavy (non-hydrogen) atoms. The van der Waals surface area contributed by atoms with Crippen LogP contribution in [0.25, 0.3) is 0 Å². The third-order valence-electron chi connectivity index (χ3n) is 4.35. The molecule has 2 amide bonds. The summed E-state index contributed by atoms with van der Waals surface area (Å²) in [6.07, 6.45) is 0.0826. The summed E-state index contributed by atoms with van der Waals surface area (Å²) >= 11 is 0. The van der Waals surface area contributed by atoms with Crippen LogP contribution in [0.2, 0.25) is 0 Å². The van der Waals surface area contributed by atoms with Gasteiger partial charge in [0.15, 0.2) is 12.6 Å². The van der Waals surface area contributed by atoms with Crippen LogP contribution >= 0.6 is 0 Å². The zero-order chi connectivity index (χ0) is 23.3. The Morgan fingerprint density at radius 3 is 2.41 bits per heavy atom. The SMILES string of the molecule is CCOc1ccc(N(CCC#N)C(=O)COC(=O)C(CO)NC(=O)c2ccccc2)cc1. The molecule has 2 aromatic rings. The van der Waals surface area contributed by atoms with Gasteiger partial charge < -0.3 is 24.8 Å². The zero-order valence-electron chi connectivity index (χ0n) is 17.7. The summed E-state index contributed by atoms with van der Waals surface area (Å²) in [6, 6.07) is 15.5. The number of benzene rings is 2. The highest BCUT2D eigenvalue weighted by molar-refractivity contribution is 5.98. The number of hydrogen-bond acceptors (Lipinski definition) is 7. The molecular formula is C23H25N3O6. The molecule has 0 saturated heterocycles. The number of nitrogens with zero attached hydrogens (tertiary/aromatic N) is 2. The van der Waals surface area contributed by atoms with Crippen LogP contribution in [0.15, 0.2) is 54.6 Å². The number of rotatable bonds is 11. The summed E-state index contributed by atoms with van der Waals surface area (Å²) in [5.74, 6) is -1.42. The van der Waals surface area contributed by atoms with Crippen LogP contribution in [-0.2, 0) is 14.3 Å². The number of aliphatic hydroxyl groups is 1. The van der Waals surface area contributed by atoms with E-state index in [4.69, 9.17) is 14.7 Å². The molecule has 0 aromatic heterocycles. The molecule has 1 atom stereocenters. The minimum absolute atomic E-state index is 0.0826. The van der Waals surface area contributed by atoms with E-state index in [-0.39, 0.29) is 13.0 Å². The molecule has 0 aliphatic carbocycles. The van der Waals surface area contributed by atoms with E-state index >= 15 is 0 Å². The highest BCUT2D eigenvalue weighted by atomic mass is 16.5. The number of esters is 1. The summed E-state index contributed by atoms with van der Waals surface area (Å²) in [5, 5.41) is 20.7. The lowest BCUT2D eigenvalue weighted by molar-refractivity contribution is -0.150. The van der Waals surface area contributed by atoms with Gasteiger partial charge in [-0.1, -0.05) is 18.2 Å². The molecule has 2 rings (SSSR count). The van der Waals surface area contributed by atoms with Crippen LogP contribution < -0.4 is 15.0 Å². The van der Waals surface area contributed by atoms with Crippen molar-refractivity contribution >= 4 is 23.5 Å². The van der Waals surface area contributed by atoms with Crippen molar-refractivity contribution in [3.05, 3.63) is 60.2 Å². The van der Waals surface area contributed by atoms with Crippen molar-refractivity contribution in [2.45, 2.75) is 19.4 Å². The number of anilines is 1. The lowest BCUT2D eigenvalue weighted by Crippen LogP contribution is -2.45. The van der Waals surface area contributed by atoms with Gasteiger partial charge in [-0.25, -0.2) is 4.79 Å². The topological polar surface area (TPSA) is 129 Å². The molecule has 2 N–H and O–H groups in total. The van der Waals surface area contributed by atoms with Crippen molar-refractivity contribution in [1.82, 2.24) is 5.32 Å². The number of amides is 2. The van der Waals surface area contributed by atoms with Crippen LogP contribution in [0.3, 0.4) is 0 Å². The second kappa shape index (κ2) is 12.7. The fourth-order valence-corrected chi connectivity index (χ4v) is 2.77. The third-order valence-corrected chi connectivity index (χ3v) is 4.35. The van der Waals surface area contributed by atoms with Gasteiger partial charge in [-0.15, -0.1) is 0 Å². The summed E-state index contributed by atoms with van der Waals surface area (Å²) in [6.45, 7) is 1.15. The number of ether oxygens (including phenoxy) is 2. The van der Waals surface area contributed by atoms with Crippen molar-refractivity contribution in [2.75, 3.05) is 31.3 Å². The smallest absolute Gasteiger partial charge is 0.331 e. The highest BCUT2D eigenvalue weighted by Crippen LogP contribution is 2.20. The lowest BCUT2D eigenvalue weighted by Gasteiger charge is -2.22. The number of nitriles is 1. The van der Waals surface area contributed by atoms with E-state index in [0.29, 0.717) is 23.6 Å². The molecule has 2 aromatic carbocycles. The Labute approximate surface area is 186 Å². The van der Waals surface area contributed by atoms with Crippen LogP contribution in [0.4, 0.5) is 5.69 Å². The molecule has 0 heterocycles. The largest absolute Gasteiger partial charge is 0.494 e. The predicted molar refractivity (Wildman–Crippen MR) is 116 cm³/mol. The number of carbonyl (C=O) groups excluding carboxylic acids is 3. The summed E-state index contributed by atoms with van der Waals surface area (Å²) in [4.78, 5) is 38.5. The second-order valence-electron chi connectivity index (χ2n) is 6.56. The number of carbonyl (C=O) groups is 3. The van der Waals surface area contributed by atoms with Gasteiger partial charge in [-0.3, -0.25) is 9.59 Å². The maximum absolute atomic E-state index is 12.7. The molecular weight excluding hydrogens is 414 g/mol. The zero-order valence-corrected chi connectivity index (χ0v) is 17.7. The van der Waals surface area contributed by atoms with E-state index in [2.05, 4.69) is 5.32 Å². The first-order chi connectivity index (χ1) is 15.5. The first-order valence-corrected chi connectivity index (χ1v) is 10.0. The molecule has 9 heteroatoms. The van der Waals surface area contributed by atoms with Gasteiger partial charge in [0.25, 0.3) is 11.8 Å². The molecule has 0 aliphatic rings. The van der Waals surface area contributed by atoms with Gasteiger partial charge in [0.05, 0.1) is 25.7 Å². The van der Waals surface area contributed by atoms with Gasteiger partial charge in [0.2, 0.25) is 0 Å². The van der Waals surface area contributed by atoms with Crippen LogP contribution in [-0.4, -0.2) is 55.3 Å². The maximum atomic E-state index is 12.7. The van der Waals surface area contributed by atoms with E-state index in [0.717, 1.165) is 0 Å². The lowest BCUT2D eigenvalue weighted by atomic mass is 10.2. The average molecular weight is 439 g/mol. The minimum Gasteiger partial charge on any atom is -0.494 e. The normalized spacial score (nSPS) is 11.0. The van der Waals surface area contributed by atoms with Gasteiger partial charge in [0, 0.05) is 17.8 Å². The molecule has 9 nitrogen and oxygen atoms in total. The van der Waals surface area contributed by atoms with E-state index in [1.165, 1.54) is 4.90 Å². The third kappa shape index (κ3) is 7.11. The van der Waals surface area contributed by atoms with Crippen molar-refractivity contribution in [1.29, 1.82) is 5.26 Å². The van der Waals surface area contributed by atoms with Gasteiger partial charge in [-0.05, 0) is 43.3 Å². The Balaban J connectivity index is 1.99. The Morgan fingerprint density at radius 1 is 1.12 bits per heavy atom. The van der Waals surface area contributed by atoms with Crippen molar-refractivity contribution in [3.8, 4) is 11.8 Å². The Hall–Kier alpha value is -3.90. The summed E-state index contributed by atoms with van der Waals surface area (Å²) in [7, 11) is 0. The summed E-state index contributed by atoms with van der Waals surface area (Å²) < 4.78 is 10.4. The number of aliphatic hydroxyl groups excluding tert-OH is 1. The van der Waals surface area contributed by atoms with Crippen LogP contribution in [0.1, 0.15) is 23.7 Å². The van der Waals surface area contributed by atoms with Gasteiger partial charge in [-0.2, -0.15) is 5.26 Å². The first kappa shape index (κ1) is 24.4. The van der Waals surface area contributed by atoms with Gasteiger partial charge in [0.1, 0.15) is 5.75 Å². The van der Waals surface area contributed by atoms with Crippen molar-refractivity contribution in [2.24, 2.45) is 0 Å². The fraction of sp³-hybridized carbons (Fsp3) is 0.304. The van der Waals surface area contributed by atoms with Crippen molar-refractivity contribution in [3.63, 3.8) is 0 Å². The van der Waals surface area contributed by atoms with E-state index in [1.807, 2.05) is 13.0 Å². The summed E-state index contributed by atoms with van der Waals surface area (Å²) in [5.41, 5.74) is 0.828. The first-order valence-electron chi connectivity index (χ1n) is 10.0. The monoisotopic (exact) mass is 439 g/mol. The molecule has 0 radical (unpaired) electrons. The molecule has 0 aliphatic heterocycles. The van der Waals surface area contributed by atoms with E-state index in [1.54, 1.807) is 54.6 Å². The molecule has 0 bridgehead atoms. The standard InChI is InChI=1S/C23H25N3O6/c1-2-31-19-11-9-18(10-12-19)26(14-6-13-24)21(28)16-32-23(30)20(15-27)25-22(29)17-7-4-3-5-8-17/h3-5,7-12,20,27H,2,6,14-16H2,1H3,(H,25,29). The molecule has 168 valence electrons.